The Labute approximate surface area is 194 Å². The van der Waals surface area contributed by atoms with Crippen molar-refractivity contribution in [3.05, 3.63) is 54.2 Å². The fourth-order valence-corrected chi connectivity index (χ4v) is 5.30. The summed E-state index contributed by atoms with van der Waals surface area (Å²) in [5, 5.41) is 7.44. The van der Waals surface area contributed by atoms with Crippen LogP contribution in [0.3, 0.4) is 0 Å². The summed E-state index contributed by atoms with van der Waals surface area (Å²) in [5.74, 6) is 0.770. The number of carbonyl (C=O) groups is 1. The molecule has 1 saturated carbocycles. The van der Waals surface area contributed by atoms with E-state index in [0.29, 0.717) is 18.9 Å². The number of anilines is 1. The van der Waals surface area contributed by atoms with Gasteiger partial charge in [0.25, 0.3) is 0 Å². The number of nitrogens with zero attached hydrogens (tertiary/aromatic N) is 4. The predicted octanol–water partition coefficient (Wildman–Crippen LogP) is 2.99. The van der Waals surface area contributed by atoms with Gasteiger partial charge in [-0.1, -0.05) is 30.3 Å². The van der Waals surface area contributed by atoms with Gasteiger partial charge in [-0.2, -0.15) is 9.40 Å². The van der Waals surface area contributed by atoms with Crippen LogP contribution in [0.1, 0.15) is 31.4 Å². The number of rotatable bonds is 6. The van der Waals surface area contributed by atoms with Crippen LogP contribution in [-0.4, -0.2) is 65.6 Å². The lowest BCUT2D eigenvalue weighted by molar-refractivity contribution is -0.117. The molecule has 0 bridgehead atoms. The van der Waals surface area contributed by atoms with Crippen LogP contribution >= 0.6 is 0 Å². The van der Waals surface area contributed by atoms with Crippen LogP contribution in [0.25, 0.3) is 16.6 Å². The third-order valence-electron chi connectivity index (χ3n) is 6.70. The molecule has 1 atom stereocenters. The first-order chi connectivity index (χ1) is 15.8. The Morgan fingerprint density at radius 3 is 2.42 bits per heavy atom. The van der Waals surface area contributed by atoms with Crippen LogP contribution in [0, 0.1) is 5.92 Å². The third-order valence-corrected chi connectivity index (χ3v) is 8.00. The lowest BCUT2D eigenvalue weighted by Gasteiger charge is -2.37. The fourth-order valence-electron chi connectivity index (χ4n) is 4.47. The predicted molar refractivity (Wildman–Crippen MR) is 128 cm³/mol. The molecular formula is C24H29N5O3S. The molecule has 1 aliphatic heterocycles. The number of sulfonamides is 1. The monoisotopic (exact) mass is 467 g/mol. The maximum atomic E-state index is 12.1. The van der Waals surface area contributed by atoms with Crippen molar-refractivity contribution in [2.45, 2.75) is 25.8 Å². The minimum absolute atomic E-state index is 0.0515. The molecule has 1 amide bonds. The van der Waals surface area contributed by atoms with E-state index in [-0.39, 0.29) is 17.9 Å². The molecule has 3 heterocycles. The van der Waals surface area contributed by atoms with E-state index in [2.05, 4.69) is 52.6 Å². The number of benzene rings is 1. The number of carbonyl (C=O) groups excluding carboxylic acids is 1. The Kier molecular flexibility index (Phi) is 5.72. The average molecular weight is 468 g/mol. The van der Waals surface area contributed by atoms with Gasteiger partial charge >= 0.3 is 0 Å². The normalized spacial score (nSPS) is 19.0. The second-order valence-corrected chi connectivity index (χ2v) is 11.0. The van der Waals surface area contributed by atoms with Crippen LogP contribution in [0.5, 0.6) is 0 Å². The Morgan fingerprint density at radius 2 is 1.79 bits per heavy atom. The van der Waals surface area contributed by atoms with E-state index < -0.39 is 10.0 Å². The van der Waals surface area contributed by atoms with Gasteiger partial charge in [0.05, 0.1) is 11.8 Å². The summed E-state index contributed by atoms with van der Waals surface area (Å²) in [5.41, 5.74) is 4.28. The molecule has 0 spiro atoms. The van der Waals surface area contributed by atoms with E-state index in [0.717, 1.165) is 42.6 Å². The zero-order valence-electron chi connectivity index (χ0n) is 18.9. The summed E-state index contributed by atoms with van der Waals surface area (Å²) >= 11 is 0. The summed E-state index contributed by atoms with van der Waals surface area (Å²) in [6.07, 6.45) is 5.08. The topological polar surface area (TPSA) is 87.0 Å². The van der Waals surface area contributed by atoms with Crippen molar-refractivity contribution in [1.82, 2.24) is 18.8 Å². The zero-order valence-corrected chi connectivity index (χ0v) is 19.8. The number of pyridine rings is 1. The molecule has 2 fully saturated rings. The summed E-state index contributed by atoms with van der Waals surface area (Å²) < 4.78 is 26.9. The molecule has 9 heteroatoms. The summed E-state index contributed by atoms with van der Waals surface area (Å²) in [7, 11) is -3.12. The van der Waals surface area contributed by atoms with E-state index >= 15 is 0 Å². The van der Waals surface area contributed by atoms with E-state index in [4.69, 9.17) is 0 Å². The van der Waals surface area contributed by atoms with Gasteiger partial charge in [-0.25, -0.2) is 12.9 Å². The SMILES string of the molecule is C[C@@H](c1ccc(-c2cccn3nc(NC(=O)C4CC4)cc23)cc1)N1CCN(S(C)(=O)=O)CC1. The number of hydrogen-bond donors (Lipinski definition) is 1. The highest BCUT2D eigenvalue weighted by molar-refractivity contribution is 7.88. The largest absolute Gasteiger partial charge is 0.309 e. The quantitative estimate of drug-likeness (QED) is 0.602. The molecule has 5 rings (SSSR count). The van der Waals surface area contributed by atoms with Crippen molar-refractivity contribution in [2.75, 3.05) is 37.8 Å². The number of piperazine rings is 1. The van der Waals surface area contributed by atoms with Gasteiger partial charge in [-0.15, -0.1) is 0 Å². The summed E-state index contributed by atoms with van der Waals surface area (Å²) in [6.45, 7) is 4.67. The minimum Gasteiger partial charge on any atom is -0.309 e. The molecule has 8 nitrogen and oxygen atoms in total. The van der Waals surface area contributed by atoms with E-state index in [1.165, 1.54) is 11.8 Å². The molecule has 2 aliphatic rings. The Hall–Kier alpha value is -2.75. The third kappa shape index (κ3) is 4.66. The van der Waals surface area contributed by atoms with Gasteiger partial charge in [-0.05, 0) is 37.0 Å². The van der Waals surface area contributed by atoms with Gasteiger partial charge < -0.3 is 5.32 Å². The first-order valence-electron chi connectivity index (χ1n) is 11.4. The molecule has 33 heavy (non-hydrogen) atoms. The van der Waals surface area contributed by atoms with Gasteiger partial charge in [0.1, 0.15) is 0 Å². The molecule has 1 aromatic carbocycles. The number of nitrogens with one attached hydrogen (secondary N) is 1. The van der Waals surface area contributed by atoms with Crippen molar-refractivity contribution >= 4 is 27.3 Å². The molecule has 1 N–H and O–H groups in total. The lowest BCUT2D eigenvalue weighted by Crippen LogP contribution is -2.48. The molecule has 174 valence electrons. The number of fused-ring (bicyclic) bond motifs is 1. The van der Waals surface area contributed by atoms with Crippen molar-refractivity contribution in [3.63, 3.8) is 0 Å². The Balaban J connectivity index is 1.32. The molecule has 0 radical (unpaired) electrons. The molecule has 1 aliphatic carbocycles. The first kappa shape index (κ1) is 22.1. The highest BCUT2D eigenvalue weighted by atomic mass is 32.2. The average Bonchev–Trinajstić information content (AvgIpc) is 3.58. The van der Waals surface area contributed by atoms with E-state index in [1.54, 1.807) is 8.82 Å². The first-order valence-corrected chi connectivity index (χ1v) is 13.2. The van der Waals surface area contributed by atoms with Crippen LogP contribution in [-0.2, 0) is 14.8 Å². The summed E-state index contributed by atoms with van der Waals surface area (Å²) in [6, 6.07) is 14.7. The van der Waals surface area contributed by atoms with E-state index in [1.807, 2.05) is 18.3 Å². The Bertz CT molecular complexity index is 1270. The highest BCUT2D eigenvalue weighted by Crippen LogP contribution is 2.32. The fraction of sp³-hybridized carbons (Fsp3) is 0.417. The molecular weight excluding hydrogens is 438 g/mol. The van der Waals surface area contributed by atoms with Crippen molar-refractivity contribution in [1.29, 1.82) is 0 Å². The van der Waals surface area contributed by atoms with Crippen LogP contribution < -0.4 is 5.32 Å². The number of aromatic nitrogens is 2. The molecule has 0 unspecified atom stereocenters. The zero-order chi connectivity index (χ0) is 23.2. The molecule has 3 aromatic rings. The number of hydrogen-bond acceptors (Lipinski definition) is 5. The number of amides is 1. The van der Waals surface area contributed by atoms with Crippen LogP contribution in [0.15, 0.2) is 48.7 Å². The van der Waals surface area contributed by atoms with Gasteiger partial charge in [0.2, 0.25) is 15.9 Å². The maximum Gasteiger partial charge on any atom is 0.228 e. The van der Waals surface area contributed by atoms with Crippen molar-refractivity contribution in [3.8, 4) is 11.1 Å². The van der Waals surface area contributed by atoms with Crippen LogP contribution in [0.4, 0.5) is 5.82 Å². The van der Waals surface area contributed by atoms with Crippen LogP contribution in [0.2, 0.25) is 0 Å². The van der Waals surface area contributed by atoms with Gasteiger partial charge in [-0.3, -0.25) is 9.69 Å². The van der Waals surface area contributed by atoms with Gasteiger partial charge in [0, 0.05) is 56.0 Å². The second-order valence-electron chi connectivity index (χ2n) is 9.04. The smallest absolute Gasteiger partial charge is 0.228 e. The van der Waals surface area contributed by atoms with E-state index in [9.17, 15) is 13.2 Å². The minimum atomic E-state index is -3.12. The molecule has 2 aromatic heterocycles. The Morgan fingerprint density at radius 1 is 1.09 bits per heavy atom. The lowest BCUT2D eigenvalue weighted by atomic mass is 10.00. The standard InChI is InChI=1S/C24H29N5O3S/c1-17(27-12-14-28(15-13-27)33(2,31)32)18-5-7-19(8-6-18)21-4-3-11-29-22(21)16-23(26-29)25-24(30)20-9-10-20/h3-8,11,16-17,20H,9-10,12-15H2,1-2H3,(H,25,26,30)/t17-/m0/s1. The van der Waals surface area contributed by atoms with Gasteiger partial charge in [0.15, 0.2) is 5.82 Å². The van der Waals surface area contributed by atoms with Crippen molar-refractivity contribution < 1.29 is 13.2 Å². The maximum absolute atomic E-state index is 12.1. The molecule has 1 saturated heterocycles. The highest BCUT2D eigenvalue weighted by Gasteiger charge is 2.30. The second kappa shape index (κ2) is 8.55. The summed E-state index contributed by atoms with van der Waals surface area (Å²) in [4.78, 5) is 14.4. The van der Waals surface area contributed by atoms with Crippen molar-refractivity contribution in [2.24, 2.45) is 5.92 Å².